The van der Waals surface area contributed by atoms with E-state index in [0.717, 1.165) is 12.8 Å². The molecule has 1 aromatic rings. The second kappa shape index (κ2) is 5.55. The first-order chi connectivity index (χ1) is 9.10. The van der Waals surface area contributed by atoms with Crippen LogP contribution in [0.4, 0.5) is 5.69 Å². The van der Waals surface area contributed by atoms with Gasteiger partial charge in [0.2, 0.25) is 0 Å². The zero-order chi connectivity index (χ0) is 13.8. The number of non-ortho nitro benzene ring substituents is 1. The van der Waals surface area contributed by atoms with E-state index in [1.807, 2.05) is 0 Å². The Kier molecular flexibility index (Phi) is 3.84. The van der Waals surface area contributed by atoms with Crippen LogP contribution in [0.2, 0.25) is 0 Å². The van der Waals surface area contributed by atoms with Crippen LogP contribution in [0.25, 0.3) is 0 Å². The molecular formula is C12H16N4O3. The molecule has 19 heavy (non-hydrogen) atoms. The maximum absolute atomic E-state index is 10.7. The van der Waals surface area contributed by atoms with Gasteiger partial charge in [0.25, 0.3) is 5.69 Å². The van der Waals surface area contributed by atoms with E-state index in [9.17, 15) is 10.1 Å². The SMILES string of the molecule is COc1ccc([N+](=O)[O-])cc1CN=C(N)NC1CC1. The molecular weight excluding hydrogens is 248 g/mol. The van der Waals surface area contributed by atoms with Crippen LogP contribution in [-0.4, -0.2) is 24.0 Å². The van der Waals surface area contributed by atoms with E-state index in [1.165, 1.54) is 19.2 Å². The first-order valence-corrected chi connectivity index (χ1v) is 5.98. The number of nitro benzene ring substituents is 1. The summed E-state index contributed by atoms with van der Waals surface area (Å²) in [7, 11) is 1.51. The van der Waals surface area contributed by atoms with Crippen molar-refractivity contribution >= 4 is 11.6 Å². The number of nitrogens with one attached hydrogen (secondary N) is 1. The summed E-state index contributed by atoms with van der Waals surface area (Å²) in [5, 5.41) is 13.8. The van der Waals surface area contributed by atoms with Gasteiger partial charge in [-0.2, -0.15) is 0 Å². The quantitative estimate of drug-likeness (QED) is 0.359. The van der Waals surface area contributed by atoms with E-state index in [2.05, 4.69) is 10.3 Å². The average Bonchev–Trinajstić information content (AvgIpc) is 3.19. The topological polar surface area (TPSA) is 103 Å². The molecule has 0 spiro atoms. The second-order valence-electron chi connectivity index (χ2n) is 4.37. The van der Waals surface area contributed by atoms with Crippen molar-refractivity contribution in [3.05, 3.63) is 33.9 Å². The van der Waals surface area contributed by atoms with Gasteiger partial charge in [-0.3, -0.25) is 10.1 Å². The lowest BCUT2D eigenvalue weighted by molar-refractivity contribution is -0.384. The van der Waals surface area contributed by atoms with E-state index in [-0.39, 0.29) is 12.2 Å². The Labute approximate surface area is 110 Å². The molecule has 1 aliphatic carbocycles. The molecule has 0 bridgehead atoms. The number of nitrogens with zero attached hydrogens (tertiary/aromatic N) is 2. The molecule has 0 saturated heterocycles. The van der Waals surface area contributed by atoms with Gasteiger partial charge in [-0.05, 0) is 18.9 Å². The van der Waals surface area contributed by atoms with Crippen LogP contribution in [0.15, 0.2) is 23.2 Å². The standard InChI is InChI=1S/C12H16N4O3/c1-19-11-5-4-10(16(17)18)6-8(11)7-14-12(13)15-9-2-3-9/h4-6,9H,2-3,7H2,1H3,(H3,13,14,15). The highest BCUT2D eigenvalue weighted by atomic mass is 16.6. The Hall–Kier alpha value is -2.31. The summed E-state index contributed by atoms with van der Waals surface area (Å²) < 4.78 is 5.15. The Bertz CT molecular complexity index is 512. The molecule has 1 aliphatic rings. The summed E-state index contributed by atoms with van der Waals surface area (Å²) >= 11 is 0. The van der Waals surface area contributed by atoms with Crippen molar-refractivity contribution in [3.63, 3.8) is 0 Å². The van der Waals surface area contributed by atoms with Crippen molar-refractivity contribution in [1.82, 2.24) is 5.32 Å². The van der Waals surface area contributed by atoms with Crippen LogP contribution >= 0.6 is 0 Å². The fourth-order valence-electron chi connectivity index (χ4n) is 1.65. The molecule has 0 amide bonds. The molecule has 3 N–H and O–H groups in total. The van der Waals surface area contributed by atoms with E-state index in [0.29, 0.717) is 23.3 Å². The monoisotopic (exact) mass is 264 g/mol. The minimum Gasteiger partial charge on any atom is -0.496 e. The van der Waals surface area contributed by atoms with Gasteiger partial charge in [-0.15, -0.1) is 0 Å². The van der Waals surface area contributed by atoms with Gasteiger partial charge in [-0.1, -0.05) is 0 Å². The maximum Gasteiger partial charge on any atom is 0.270 e. The number of nitro groups is 1. The number of rotatable bonds is 5. The molecule has 2 rings (SSSR count). The molecule has 1 aromatic carbocycles. The molecule has 7 nitrogen and oxygen atoms in total. The summed E-state index contributed by atoms with van der Waals surface area (Å²) in [6.07, 6.45) is 2.21. The maximum atomic E-state index is 10.7. The van der Waals surface area contributed by atoms with Crippen LogP contribution in [0.3, 0.4) is 0 Å². The molecule has 1 saturated carbocycles. The number of hydrogen-bond acceptors (Lipinski definition) is 4. The van der Waals surface area contributed by atoms with Crippen molar-refractivity contribution in [3.8, 4) is 5.75 Å². The van der Waals surface area contributed by atoms with Gasteiger partial charge in [0.05, 0.1) is 18.6 Å². The van der Waals surface area contributed by atoms with E-state index < -0.39 is 4.92 Å². The predicted octanol–water partition coefficient (Wildman–Crippen LogP) is 1.17. The van der Waals surface area contributed by atoms with Crippen LogP contribution < -0.4 is 15.8 Å². The lowest BCUT2D eigenvalue weighted by atomic mass is 10.2. The highest BCUT2D eigenvalue weighted by Crippen LogP contribution is 2.24. The van der Waals surface area contributed by atoms with Crippen molar-refractivity contribution in [2.24, 2.45) is 10.7 Å². The van der Waals surface area contributed by atoms with Gasteiger partial charge in [0.1, 0.15) is 5.75 Å². The number of guanidine groups is 1. The molecule has 0 unspecified atom stereocenters. The largest absolute Gasteiger partial charge is 0.496 e. The Morgan fingerprint density at radius 3 is 2.95 bits per heavy atom. The third-order valence-corrected chi connectivity index (χ3v) is 2.82. The average molecular weight is 264 g/mol. The first-order valence-electron chi connectivity index (χ1n) is 5.98. The zero-order valence-electron chi connectivity index (χ0n) is 10.6. The first kappa shape index (κ1) is 13.1. The van der Waals surface area contributed by atoms with Crippen LogP contribution in [0.5, 0.6) is 5.75 Å². The van der Waals surface area contributed by atoms with Crippen molar-refractivity contribution in [2.45, 2.75) is 25.4 Å². The third-order valence-electron chi connectivity index (χ3n) is 2.82. The normalized spacial score (nSPS) is 15.1. The molecule has 0 aromatic heterocycles. The number of nitrogens with two attached hydrogens (primary N) is 1. The molecule has 0 heterocycles. The van der Waals surface area contributed by atoms with Gasteiger partial charge in [-0.25, -0.2) is 4.99 Å². The molecule has 7 heteroatoms. The zero-order valence-corrected chi connectivity index (χ0v) is 10.6. The Morgan fingerprint density at radius 2 is 2.37 bits per heavy atom. The molecule has 1 fully saturated rings. The van der Waals surface area contributed by atoms with Crippen molar-refractivity contribution < 1.29 is 9.66 Å². The summed E-state index contributed by atoms with van der Waals surface area (Å²) in [6, 6.07) is 4.84. The van der Waals surface area contributed by atoms with Gasteiger partial charge < -0.3 is 15.8 Å². The van der Waals surface area contributed by atoms with Crippen LogP contribution in [0, 0.1) is 10.1 Å². The van der Waals surface area contributed by atoms with Crippen LogP contribution in [-0.2, 0) is 6.54 Å². The minimum atomic E-state index is -0.446. The number of methoxy groups -OCH3 is 1. The summed E-state index contributed by atoms with van der Waals surface area (Å²) in [5.74, 6) is 0.921. The molecule has 0 aliphatic heterocycles. The van der Waals surface area contributed by atoms with E-state index in [4.69, 9.17) is 10.5 Å². The fourth-order valence-corrected chi connectivity index (χ4v) is 1.65. The number of hydrogen-bond donors (Lipinski definition) is 2. The van der Waals surface area contributed by atoms with E-state index in [1.54, 1.807) is 6.07 Å². The number of aliphatic imine (C=N–C) groups is 1. The van der Waals surface area contributed by atoms with E-state index >= 15 is 0 Å². The van der Waals surface area contributed by atoms with Gasteiger partial charge >= 0.3 is 0 Å². The lowest BCUT2D eigenvalue weighted by Crippen LogP contribution is -2.33. The van der Waals surface area contributed by atoms with Gasteiger partial charge in [0.15, 0.2) is 5.96 Å². The lowest BCUT2D eigenvalue weighted by Gasteiger charge is -2.07. The second-order valence-corrected chi connectivity index (χ2v) is 4.37. The molecule has 0 atom stereocenters. The highest BCUT2D eigenvalue weighted by Gasteiger charge is 2.21. The van der Waals surface area contributed by atoms with Crippen LogP contribution in [0.1, 0.15) is 18.4 Å². The molecule has 102 valence electrons. The van der Waals surface area contributed by atoms with Gasteiger partial charge in [0, 0.05) is 23.7 Å². The highest BCUT2D eigenvalue weighted by molar-refractivity contribution is 5.78. The number of benzene rings is 1. The summed E-state index contributed by atoms with van der Waals surface area (Å²) in [5.41, 5.74) is 6.37. The smallest absolute Gasteiger partial charge is 0.270 e. The number of ether oxygens (including phenoxy) is 1. The fraction of sp³-hybridized carbons (Fsp3) is 0.417. The summed E-state index contributed by atoms with van der Waals surface area (Å²) in [4.78, 5) is 14.5. The van der Waals surface area contributed by atoms with Crippen molar-refractivity contribution in [2.75, 3.05) is 7.11 Å². The predicted molar refractivity (Wildman–Crippen MR) is 71.1 cm³/mol. The Balaban J connectivity index is 2.12. The molecule has 0 radical (unpaired) electrons. The third kappa shape index (κ3) is 3.57. The van der Waals surface area contributed by atoms with Crippen molar-refractivity contribution in [1.29, 1.82) is 0 Å². The Morgan fingerprint density at radius 1 is 1.63 bits per heavy atom. The summed E-state index contributed by atoms with van der Waals surface area (Å²) in [6.45, 7) is 0.246. The minimum absolute atomic E-state index is 0.0136.